The summed E-state index contributed by atoms with van der Waals surface area (Å²) in [7, 11) is 13.1. The highest BCUT2D eigenvalue weighted by Crippen LogP contribution is 2.36. The molecule has 4 saturated heterocycles. The molecule has 0 spiro atoms. The topological polar surface area (TPSA) is 124 Å². The summed E-state index contributed by atoms with van der Waals surface area (Å²) in [5.74, 6) is 0. The Bertz CT molecular complexity index is 1250. The Labute approximate surface area is 380 Å². The summed E-state index contributed by atoms with van der Waals surface area (Å²) in [5.41, 5.74) is -4.55. The van der Waals surface area contributed by atoms with E-state index in [-0.39, 0.29) is 30.0 Å². The second kappa shape index (κ2) is 23.1. The van der Waals surface area contributed by atoms with Crippen molar-refractivity contribution in [3.05, 3.63) is 0 Å². The van der Waals surface area contributed by atoms with Gasteiger partial charge in [0.25, 0.3) is 0 Å². The van der Waals surface area contributed by atoms with E-state index in [1.807, 2.05) is 13.8 Å². The first-order chi connectivity index (χ1) is 28.9. The molecule has 4 radical (unpaired) electrons. The van der Waals surface area contributed by atoms with Crippen molar-refractivity contribution in [3.63, 3.8) is 0 Å². The highest BCUT2D eigenvalue weighted by atomic mass is 16.6. The van der Waals surface area contributed by atoms with Crippen LogP contribution in [0.4, 0.5) is 0 Å². The zero-order valence-electron chi connectivity index (χ0n) is 41.5. The zero-order valence-corrected chi connectivity index (χ0v) is 41.5. The predicted octanol–water partition coefficient (Wildman–Crippen LogP) is 7.65. The lowest BCUT2D eigenvalue weighted by Crippen LogP contribution is -2.50. The molecule has 62 heavy (non-hydrogen) atoms. The lowest BCUT2D eigenvalue weighted by molar-refractivity contribution is -0.203. The molecule has 4 fully saturated rings. The summed E-state index contributed by atoms with van der Waals surface area (Å²) in [5, 5.41) is 0. The molecule has 0 aliphatic carbocycles. The van der Waals surface area contributed by atoms with Crippen LogP contribution in [0.5, 0.6) is 0 Å². The van der Waals surface area contributed by atoms with Gasteiger partial charge in [0.05, 0.1) is 117 Å². The van der Waals surface area contributed by atoms with E-state index in [4.69, 9.17) is 72.5 Å². The van der Waals surface area contributed by atoms with Gasteiger partial charge in [-0.1, -0.05) is 20.8 Å². The smallest absolute Gasteiger partial charge is 0.113 e. The van der Waals surface area contributed by atoms with E-state index >= 15 is 0 Å². The Balaban J connectivity index is 1.54. The summed E-state index contributed by atoms with van der Waals surface area (Å²) in [6, 6.07) is 0. The fourth-order valence-electron chi connectivity index (χ4n) is 7.36. The maximum Gasteiger partial charge on any atom is 0.113 e. The maximum atomic E-state index is 7.09. The van der Waals surface area contributed by atoms with E-state index in [0.29, 0.717) is 91.1 Å². The van der Waals surface area contributed by atoms with E-state index < -0.39 is 38.8 Å². The Morgan fingerprint density at radius 2 is 0.839 bits per heavy atom. The van der Waals surface area contributed by atoms with Crippen LogP contribution < -0.4 is 0 Å². The van der Waals surface area contributed by atoms with Crippen molar-refractivity contribution in [3.8, 4) is 0 Å². The Morgan fingerprint density at radius 1 is 0.468 bits per heavy atom. The average Bonchev–Trinajstić information content (AvgIpc) is 3.97. The van der Waals surface area contributed by atoms with Gasteiger partial charge in [0, 0.05) is 37.2 Å². The lowest BCUT2D eigenvalue weighted by Gasteiger charge is -2.43. The van der Waals surface area contributed by atoms with Gasteiger partial charge in [-0.25, -0.2) is 0 Å². The normalized spacial score (nSPS) is 27.5. The SMILES string of the molecule is [B]C(C)(CC1CO1)OCCC(C)(CC)OCC(COC(C)(C)CCOC(C)(C)CC1CO1)(COC(C)(CC)CCOC(C)C1CO1)COC(C)(CC)CCOC([B])(C)CC1CO1. The van der Waals surface area contributed by atoms with Crippen molar-refractivity contribution < 1.29 is 56.8 Å². The third kappa shape index (κ3) is 21.1. The molecule has 12 nitrogen and oxygen atoms in total. The van der Waals surface area contributed by atoms with Crippen LogP contribution in [0, 0.1) is 5.41 Å². The van der Waals surface area contributed by atoms with Crippen LogP contribution in [0.3, 0.4) is 0 Å². The van der Waals surface area contributed by atoms with Crippen molar-refractivity contribution in [2.45, 2.75) is 224 Å². The van der Waals surface area contributed by atoms with Gasteiger partial charge in [0.15, 0.2) is 0 Å². The molecule has 0 bridgehead atoms. The summed E-state index contributed by atoms with van der Waals surface area (Å²) >= 11 is 0. The van der Waals surface area contributed by atoms with Crippen molar-refractivity contribution in [2.75, 3.05) is 79.3 Å². The fourth-order valence-corrected chi connectivity index (χ4v) is 7.36. The minimum atomic E-state index is -0.773. The minimum absolute atomic E-state index is 0.0500. The molecular formula is C48H88B2O12. The highest BCUT2D eigenvalue weighted by Gasteiger charge is 2.43. The number of hydrogen-bond acceptors (Lipinski definition) is 12. The first kappa shape index (κ1) is 54.3. The Hall–Kier alpha value is -0.350. The van der Waals surface area contributed by atoms with Crippen LogP contribution in [0.25, 0.3) is 0 Å². The van der Waals surface area contributed by atoms with Crippen LogP contribution in [0.15, 0.2) is 0 Å². The third-order valence-electron chi connectivity index (χ3n) is 13.6. The first-order valence-electron chi connectivity index (χ1n) is 24.0. The number of ether oxygens (including phenoxy) is 12. The minimum Gasteiger partial charge on any atom is -0.385 e. The highest BCUT2D eigenvalue weighted by molar-refractivity contribution is 6.14. The van der Waals surface area contributed by atoms with Crippen LogP contribution in [0.2, 0.25) is 0 Å². The predicted molar refractivity (Wildman–Crippen MR) is 243 cm³/mol. The van der Waals surface area contributed by atoms with Gasteiger partial charge in [-0.15, -0.1) is 0 Å². The molecule has 10 atom stereocenters. The summed E-state index contributed by atoms with van der Waals surface area (Å²) < 4.78 is 75.2. The lowest BCUT2D eigenvalue weighted by atomic mass is 9.79. The molecule has 0 N–H and O–H groups in total. The van der Waals surface area contributed by atoms with Crippen molar-refractivity contribution in [1.82, 2.24) is 0 Å². The number of epoxide rings is 4. The quantitative estimate of drug-likeness (QED) is 0.0447. The standard InChI is InChI=1S/C48H88B2O12/c1-14-43(9,18-21-51-36(4)40-31-55-40)60-33-48(32-59-41(5,6)17-22-56-42(7,8)25-37-28-52-37,34-61-44(10,15-2)19-23-57-46(12,49)26-38-29-53-38)35-62-45(11,16-3)20-24-58-47(13,50)27-39-30-54-39/h36-40H,14-35H2,1-13H3. The molecule has 10 unspecified atom stereocenters. The molecule has 4 heterocycles. The van der Waals surface area contributed by atoms with Crippen molar-refractivity contribution in [1.29, 1.82) is 0 Å². The van der Waals surface area contributed by atoms with Gasteiger partial charge in [-0.05, 0) is 127 Å². The number of rotatable bonds is 38. The molecule has 4 aliphatic heterocycles. The van der Waals surface area contributed by atoms with Crippen LogP contribution in [-0.2, 0) is 56.8 Å². The molecule has 4 aliphatic rings. The van der Waals surface area contributed by atoms with Gasteiger partial charge < -0.3 is 56.8 Å². The first-order valence-corrected chi connectivity index (χ1v) is 24.0. The monoisotopic (exact) mass is 879 g/mol. The van der Waals surface area contributed by atoms with Crippen LogP contribution >= 0.6 is 0 Å². The van der Waals surface area contributed by atoms with Crippen molar-refractivity contribution >= 4 is 15.7 Å². The van der Waals surface area contributed by atoms with E-state index in [9.17, 15) is 0 Å². The summed E-state index contributed by atoms with van der Waals surface area (Å²) in [6.45, 7) is 33.8. The molecule has 0 aromatic carbocycles. The zero-order chi connectivity index (χ0) is 45.9. The molecule has 0 aromatic rings. The average molecular weight is 879 g/mol. The second-order valence-corrected chi connectivity index (χ2v) is 21.7. The summed E-state index contributed by atoms with van der Waals surface area (Å²) in [6.07, 6.45) is 8.16. The van der Waals surface area contributed by atoms with Gasteiger partial charge in [0.1, 0.15) is 21.8 Å². The Morgan fingerprint density at radius 3 is 1.23 bits per heavy atom. The molecule has 0 amide bonds. The van der Waals surface area contributed by atoms with Crippen molar-refractivity contribution in [2.24, 2.45) is 5.41 Å². The third-order valence-corrected chi connectivity index (χ3v) is 13.6. The van der Waals surface area contributed by atoms with E-state index in [2.05, 4.69) is 76.2 Å². The molecule has 0 aromatic heterocycles. The molecule has 0 saturated carbocycles. The van der Waals surface area contributed by atoms with Gasteiger partial charge in [0.2, 0.25) is 0 Å². The summed E-state index contributed by atoms with van der Waals surface area (Å²) in [4.78, 5) is 0. The van der Waals surface area contributed by atoms with Gasteiger partial charge in [-0.3, -0.25) is 0 Å². The Kier molecular flexibility index (Phi) is 20.2. The fraction of sp³-hybridized carbons (Fsp3) is 1.00. The van der Waals surface area contributed by atoms with Gasteiger partial charge in [-0.2, -0.15) is 0 Å². The van der Waals surface area contributed by atoms with E-state index in [1.54, 1.807) is 0 Å². The molecule has 358 valence electrons. The molecular weight excluding hydrogens is 790 g/mol. The van der Waals surface area contributed by atoms with E-state index in [1.165, 1.54) is 0 Å². The van der Waals surface area contributed by atoms with Crippen LogP contribution in [-0.4, -0.2) is 165 Å². The number of hydrogen-bond donors (Lipinski definition) is 0. The molecule has 4 rings (SSSR count). The van der Waals surface area contributed by atoms with Gasteiger partial charge >= 0.3 is 0 Å². The largest absolute Gasteiger partial charge is 0.385 e. The van der Waals surface area contributed by atoms with E-state index in [0.717, 1.165) is 58.5 Å². The second-order valence-electron chi connectivity index (χ2n) is 21.7. The van der Waals surface area contributed by atoms with Crippen LogP contribution in [0.1, 0.15) is 154 Å². The maximum absolute atomic E-state index is 7.09. The molecule has 14 heteroatoms.